The largest absolute Gasteiger partial charge is 0.495 e. The van der Waals surface area contributed by atoms with Crippen molar-refractivity contribution in [2.45, 2.75) is 13.5 Å². The van der Waals surface area contributed by atoms with Crippen LogP contribution in [0.25, 0.3) is 0 Å². The maximum absolute atomic E-state index is 11.9. The van der Waals surface area contributed by atoms with Crippen LogP contribution in [0.3, 0.4) is 0 Å². The number of nitrogen functional groups attached to an aromatic ring is 1. The van der Waals surface area contributed by atoms with E-state index in [0.29, 0.717) is 29.3 Å². The Morgan fingerprint density at radius 1 is 1.42 bits per heavy atom. The standard InChI is InChI=1S/C14H16N2O3/c1-9-11(5-6-19-9)14(17)16-8-10-3-4-13(18-2)12(15)7-10/h3-7H,8,15H2,1-2H3,(H,16,17). The molecule has 1 aromatic carbocycles. The molecule has 0 saturated heterocycles. The lowest BCUT2D eigenvalue weighted by molar-refractivity contribution is 0.0949. The van der Waals surface area contributed by atoms with Gasteiger partial charge in [0.2, 0.25) is 0 Å². The van der Waals surface area contributed by atoms with Gasteiger partial charge in [-0.3, -0.25) is 4.79 Å². The van der Waals surface area contributed by atoms with Crippen molar-refractivity contribution in [1.29, 1.82) is 0 Å². The maximum Gasteiger partial charge on any atom is 0.255 e. The topological polar surface area (TPSA) is 77.5 Å². The summed E-state index contributed by atoms with van der Waals surface area (Å²) in [4.78, 5) is 11.9. The molecule has 1 aromatic heterocycles. The molecule has 1 heterocycles. The van der Waals surface area contributed by atoms with Crippen molar-refractivity contribution >= 4 is 11.6 Å². The molecule has 1 amide bonds. The van der Waals surface area contributed by atoms with E-state index in [1.807, 2.05) is 6.07 Å². The van der Waals surface area contributed by atoms with Gasteiger partial charge in [0.05, 0.1) is 24.6 Å². The minimum atomic E-state index is -0.166. The first-order chi connectivity index (χ1) is 9.11. The molecule has 0 aliphatic heterocycles. The highest BCUT2D eigenvalue weighted by molar-refractivity contribution is 5.94. The molecule has 0 fully saturated rings. The SMILES string of the molecule is COc1ccc(CNC(=O)c2ccoc2C)cc1N. The fraction of sp³-hybridized carbons (Fsp3) is 0.214. The third kappa shape index (κ3) is 2.88. The predicted molar refractivity (Wildman–Crippen MR) is 72.0 cm³/mol. The molecule has 0 spiro atoms. The van der Waals surface area contributed by atoms with Gasteiger partial charge in [-0.1, -0.05) is 6.07 Å². The van der Waals surface area contributed by atoms with E-state index in [1.54, 1.807) is 32.2 Å². The number of aryl methyl sites for hydroxylation is 1. The third-order valence-corrected chi connectivity index (χ3v) is 2.85. The van der Waals surface area contributed by atoms with Gasteiger partial charge in [-0.2, -0.15) is 0 Å². The molecule has 5 heteroatoms. The molecular weight excluding hydrogens is 244 g/mol. The number of amides is 1. The molecule has 0 aliphatic carbocycles. The molecule has 0 bridgehead atoms. The lowest BCUT2D eigenvalue weighted by Gasteiger charge is -2.08. The van der Waals surface area contributed by atoms with E-state index >= 15 is 0 Å². The number of anilines is 1. The van der Waals surface area contributed by atoms with E-state index < -0.39 is 0 Å². The summed E-state index contributed by atoms with van der Waals surface area (Å²) in [6.45, 7) is 2.15. The number of benzene rings is 1. The van der Waals surface area contributed by atoms with Crippen LogP contribution in [0, 0.1) is 6.92 Å². The van der Waals surface area contributed by atoms with Crippen molar-refractivity contribution < 1.29 is 13.9 Å². The Hall–Kier alpha value is -2.43. The Labute approximate surface area is 111 Å². The molecule has 0 atom stereocenters. The first kappa shape index (κ1) is 13.0. The Kier molecular flexibility index (Phi) is 3.75. The molecule has 0 aliphatic rings. The van der Waals surface area contributed by atoms with Crippen LogP contribution in [-0.2, 0) is 6.54 Å². The van der Waals surface area contributed by atoms with Crippen LogP contribution in [0.1, 0.15) is 21.7 Å². The van der Waals surface area contributed by atoms with Gasteiger partial charge >= 0.3 is 0 Å². The Balaban J connectivity index is 2.01. The molecule has 0 radical (unpaired) electrons. The number of rotatable bonds is 4. The van der Waals surface area contributed by atoms with E-state index in [4.69, 9.17) is 14.9 Å². The zero-order valence-electron chi connectivity index (χ0n) is 10.9. The van der Waals surface area contributed by atoms with E-state index in [1.165, 1.54) is 6.26 Å². The van der Waals surface area contributed by atoms with Gasteiger partial charge < -0.3 is 20.2 Å². The number of carbonyl (C=O) groups excluding carboxylic acids is 1. The molecule has 0 unspecified atom stereocenters. The number of nitrogens with one attached hydrogen (secondary N) is 1. The van der Waals surface area contributed by atoms with E-state index in [0.717, 1.165) is 5.56 Å². The van der Waals surface area contributed by atoms with Crippen LogP contribution >= 0.6 is 0 Å². The summed E-state index contributed by atoms with van der Waals surface area (Å²) in [5.74, 6) is 1.06. The molecule has 19 heavy (non-hydrogen) atoms. The zero-order valence-corrected chi connectivity index (χ0v) is 10.9. The molecule has 2 aromatic rings. The fourth-order valence-electron chi connectivity index (χ4n) is 1.79. The number of hydrogen-bond acceptors (Lipinski definition) is 4. The third-order valence-electron chi connectivity index (χ3n) is 2.85. The zero-order chi connectivity index (χ0) is 13.8. The number of nitrogens with two attached hydrogens (primary N) is 1. The maximum atomic E-state index is 11.9. The van der Waals surface area contributed by atoms with Gasteiger partial charge in [0.25, 0.3) is 5.91 Å². The van der Waals surface area contributed by atoms with Crippen LogP contribution in [0.4, 0.5) is 5.69 Å². The molecule has 5 nitrogen and oxygen atoms in total. The van der Waals surface area contributed by atoms with Gasteiger partial charge in [0.15, 0.2) is 0 Å². The summed E-state index contributed by atoms with van der Waals surface area (Å²) in [5, 5.41) is 2.81. The predicted octanol–water partition coefficient (Wildman–Crippen LogP) is 2.11. The van der Waals surface area contributed by atoms with Gasteiger partial charge in [0, 0.05) is 6.54 Å². The molecule has 2 rings (SSSR count). The lowest BCUT2D eigenvalue weighted by Crippen LogP contribution is -2.23. The van der Waals surface area contributed by atoms with Crippen molar-refractivity contribution in [3.05, 3.63) is 47.4 Å². The van der Waals surface area contributed by atoms with Crippen LogP contribution in [0.15, 0.2) is 34.9 Å². The molecule has 0 saturated carbocycles. The minimum absolute atomic E-state index is 0.166. The van der Waals surface area contributed by atoms with Gasteiger partial charge in [0.1, 0.15) is 11.5 Å². The Morgan fingerprint density at radius 2 is 2.21 bits per heavy atom. The average molecular weight is 260 g/mol. The molecule has 3 N–H and O–H groups in total. The number of furan rings is 1. The summed E-state index contributed by atoms with van der Waals surface area (Å²) in [7, 11) is 1.56. The summed E-state index contributed by atoms with van der Waals surface area (Å²) in [6, 6.07) is 7.06. The summed E-state index contributed by atoms with van der Waals surface area (Å²) in [6.07, 6.45) is 1.50. The van der Waals surface area contributed by atoms with Crippen LogP contribution in [0.5, 0.6) is 5.75 Å². The normalized spacial score (nSPS) is 10.2. The Morgan fingerprint density at radius 3 is 2.79 bits per heavy atom. The van der Waals surface area contributed by atoms with Crippen LogP contribution < -0.4 is 15.8 Å². The van der Waals surface area contributed by atoms with E-state index in [2.05, 4.69) is 5.32 Å². The second-order valence-electron chi connectivity index (χ2n) is 4.15. The lowest BCUT2D eigenvalue weighted by atomic mass is 10.1. The van der Waals surface area contributed by atoms with Crippen molar-refractivity contribution in [2.75, 3.05) is 12.8 Å². The summed E-state index contributed by atoms with van der Waals surface area (Å²) >= 11 is 0. The number of ether oxygens (including phenoxy) is 1. The second-order valence-corrected chi connectivity index (χ2v) is 4.15. The highest BCUT2D eigenvalue weighted by atomic mass is 16.5. The van der Waals surface area contributed by atoms with Crippen LogP contribution in [0.2, 0.25) is 0 Å². The molecule has 100 valence electrons. The van der Waals surface area contributed by atoms with Crippen molar-refractivity contribution in [2.24, 2.45) is 0 Å². The van der Waals surface area contributed by atoms with Crippen molar-refractivity contribution in [3.63, 3.8) is 0 Å². The number of carbonyl (C=O) groups is 1. The average Bonchev–Trinajstić information content (AvgIpc) is 2.82. The van der Waals surface area contributed by atoms with Crippen LogP contribution in [-0.4, -0.2) is 13.0 Å². The van der Waals surface area contributed by atoms with Gasteiger partial charge in [-0.15, -0.1) is 0 Å². The second kappa shape index (κ2) is 5.48. The minimum Gasteiger partial charge on any atom is -0.495 e. The summed E-state index contributed by atoms with van der Waals surface area (Å²) < 4.78 is 10.2. The van der Waals surface area contributed by atoms with Crippen molar-refractivity contribution in [3.8, 4) is 5.75 Å². The number of methoxy groups -OCH3 is 1. The number of hydrogen-bond donors (Lipinski definition) is 2. The van der Waals surface area contributed by atoms with Gasteiger partial charge in [-0.05, 0) is 30.7 Å². The quantitative estimate of drug-likeness (QED) is 0.825. The smallest absolute Gasteiger partial charge is 0.255 e. The van der Waals surface area contributed by atoms with Gasteiger partial charge in [-0.25, -0.2) is 0 Å². The highest BCUT2D eigenvalue weighted by Gasteiger charge is 2.11. The summed E-state index contributed by atoms with van der Waals surface area (Å²) in [5.41, 5.74) is 7.81. The first-order valence-electron chi connectivity index (χ1n) is 5.86. The monoisotopic (exact) mass is 260 g/mol. The van der Waals surface area contributed by atoms with E-state index in [9.17, 15) is 4.79 Å². The first-order valence-corrected chi connectivity index (χ1v) is 5.86. The van der Waals surface area contributed by atoms with Crippen molar-refractivity contribution in [1.82, 2.24) is 5.32 Å². The fourth-order valence-corrected chi connectivity index (χ4v) is 1.79. The van der Waals surface area contributed by atoms with E-state index in [-0.39, 0.29) is 5.91 Å². The Bertz CT molecular complexity index is 590. The molecular formula is C14H16N2O3. The highest BCUT2D eigenvalue weighted by Crippen LogP contribution is 2.21.